The van der Waals surface area contributed by atoms with Gasteiger partial charge in [0.15, 0.2) is 0 Å². The summed E-state index contributed by atoms with van der Waals surface area (Å²) in [4.78, 5) is 0. The van der Waals surface area contributed by atoms with E-state index >= 15 is 0 Å². The van der Waals surface area contributed by atoms with Gasteiger partial charge in [-0.25, -0.2) is 8.78 Å². The van der Waals surface area contributed by atoms with Gasteiger partial charge in [0, 0.05) is 0 Å². The Kier molecular flexibility index (Phi) is 5.22. The van der Waals surface area contributed by atoms with Crippen LogP contribution in [0, 0.1) is 29.6 Å². The van der Waals surface area contributed by atoms with Crippen molar-refractivity contribution in [3.05, 3.63) is 0 Å². The molecular formula is C19H32F2. The van der Waals surface area contributed by atoms with Gasteiger partial charge in [-0.15, -0.1) is 0 Å². The zero-order valence-electron chi connectivity index (χ0n) is 13.6. The van der Waals surface area contributed by atoms with E-state index in [2.05, 4.69) is 6.92 Å². The summed E-state index contributed by atoms with van der Waals surface area (Å²) in [6.07, 6.45) is 10.8. The van der Waals surface area contributed by atoms with Gasteiger partial charge in [0.05, 0.1) is 0 Å². The van der Waals surface area contributed by atoms with E-state index in [-0.39, 0.29) is 0 Å². The molecule has 3 fully saturated rings. The van der Waals surface area contributed by atoms with Crippen molar-refractivity contribution in [1.29, 1.82) is 0 Å². The fraction of sp³-hybridized carbons (Fsp3) is 1.00. The summed E-state index contributed by atoms with van der Waals surface area (Å²) in [5, 5.41) is 0. The quantitative estimate of drug-likeness (QED) is 0.588. The lowest BCUT2D eigenvalue weighted by atomic mass is 9.73. The maximum atomic E-state index is 13.6. The van der Waals surface area contributed by atoms with Crippen LogP contribution in [0.1, 0.15) is 77.6 Å². The van der Waals surface area contributed by atoms with Crippen LogP contribution in [0.3, 0.4) is 0 Å². The van der Waals surface area contributed by atoms with E-state index in [1.54, 1.807) is 0 Å². The SMILES string of the molecule is CCCCC1CCC(C2CC3CC(F)C(F)CC3C2)CC1. The Balaban J connectivity index is 1.47. The van der Waals surface area contributed by atoms with Crippen molar-refractivity contribution in [3.63, 3.8) is 0 Å². The van der Waals surface area contributed by atoms with Crippen LogP contribution in [0.15, 0.2) is 0 Å². The first-order valence-corrected chi connectivity index (χ1v) is 9.45. The predicted octanol–water partition coefficient (Wildman–Crippen LogP) is 6.10. The third-order valence-electron chi connectivity index (χ3n) is 6.85. The Labute approximate surface area is 129 Å². The fourth-order valence-electron chi connectivity index (χ4n) is 5.54. The Morgan fingerprint density at radius 1 is 0.714 bits per heavy atom. The lowest BCUT2D eigenvalue weighted by molar-refractivity contribution is 0.0628. The molecular weight excluding hydrogens is 266 g/mol. The molecule has 2 heteroatoms. The Morgan fingerprint density at radius 2 is 1.24 bits per heavy atom. The first kappa shape index (κ1) is 15.7. The maximum absolute atomic E-state index is 13.6. The van der Waals surface area contributed by atoms with Gasteiger partial charge in [0.2, 0.25) is 0 Å². The van der Waals surface area contributed by atoms with E-state index in [1.807, 2.05) is 0 Å². The van der Waals surface area contributed by atoms with Crippen LogP contribution in [0.5, 0.6) is 0 Å². The summed E-state index contributed by atoms with van der Waals surface area (Å²) in [6, 6.07) is 0. The molecule has 0 radical (unpaired) electrons. The summed E-state index contributed by atoms with van der Waals surface area (Å²) in [6.45, 7) is 2.28. The summed E-state index contributed by atoms with van der Waals surface area (Å²) < 4.78 is 27.2. The molecule has 4 unspecified atom stereocenters. The van der Waals surface area contributed by atoms with E-state index in [1.165, 1.54) is 57.8 Å². The molecule has 0 aromatic rings. The third-order valence-corrected chi connectivity index (χ3v) is 6.85. The lowest BCUT2D eigenvalue weighted by Gasteiger charge is -2.32. The highest BCUT2D eigenvalue weighted by molar-refractivity contribution is 4.95. The van der Waals surface area contributed by atoms with Crippen molar-refractivity contribution in [2.24, 2.45) is 29.6 Å². The van der Waals surface area contributed by atoms with E-state index in [4.69, 9.17) is 0 Å². The summed E-state index contributed by atoms with van der Waals surface area (Å²) in [7, 11) is 0. The summed E-state index contributed by atoms with van der Waals surface area (Å²) in [5.74, 6) is 3.61. The molecule has 0 saturated heterocycles. The molecule has 122 valence electrons. The molecule has 0 aromatic carbocycles. The highest BCUT2D eigenvalue weighted by Gasteiger charge is 2.45. The Bertz CT molecular complexity index is 304. The highest BCUT2D eigenvalue weighted by Crippen LogP contribution is 2.51. The van der Waals surface area contributed by atoms with Crippen LogP contribution in [-0.4, -0.2) is 12.3 Å². The molecule has 0 spiro atoms. The van der Waals surface area contributed by atoms with Crippen molar-refractivity contribution in [3.8, 4) is 0 Å². The van der Waals surface area contributed by atoms with Crippen molar-refractivity contribution in [1.82, 2.24) is 0 Å². The van der Waals surface area contributed by atoms with Gasteiger partial charge in [-0.05, 0) is 68.1 Å². The number of alkyl halides is 2. The van der Waals surface area contributed by atoms with Crippen LogP contribution in [0.4, 0.5) is 8.78 Å². The molecule has 0 heterocycles. The van der Waals surface area contributed by atoms with Crippen LogP contribution in [0.2, 0.25) is 0 Å². The minimum Gasteiger partial charge on any atom is -0.244 e. The van der Waals surface area contributed by atoms with Crippen LogP contribution in [-0.2, 0) is 0 Å². The average molecular weight is 298 g/mol. The number of hydrogen-bond acceptors (Lipinski definition) is 0. The van der Waals surface area contributed by atoms with Crippen LogP contribution < -0.4 is 0 Å². The van der Waals surface area contributed by atoms with Gasteiger partial charge in [-0.1, -0.05) is 39.0 Å². The summed E-state index contributed by atoms with van der Waals surface area (Å²) in [5.41, 5.74) is 0. The molecule has 4 atom stereocenters. The van der Waals surface area contributed by atoms with Gasteiger partial charge in [0.25, 0.3) is 0 Å². The van der Waals surface area contributed by atoms with Gasteiger partial charge < -0.3 is 0 Å². The molecule has 0 amide bonds. The third kappa shape index (κ3) is 3.62. The van der Waals surface area contributed by atoms with Crippen molar-refractivity contribution in [2.75, 3.05) is 0 Å². The molecule has 3 rings (SSSR count). The topological polar surface area (TPSA) is 0 Å². The second-order valence-electron chi connectivity index (χ2n) is 8.18. The van der Waals surface area contributed by atoms with E-state index < -0.39 is 12.3 Å². The number of unbranched alkanes of at least 4 members (excludes halogenated alkanes) is 1. The molecule has 0 nitrogen and oxygen atoms in total. The summed E-state index contributed by atoms with van der Waals surface area (Å²) >= 11 is 0. The normalized spacial score (nSPS) is 47.3. The largest absolute Gasteiger partial charge is 0.244 e. The highest BCUT2D eigenvalue weighted by atomic mass is 19.2. The molecule has 0 aliphatic heterocycles. The van der Waals surface area contributed by atoms with Gasteiger partial charge >= 0.3 is 0 Å². The second kappa shape index (κ2) is 6.96. The number of fused-ring (bicyclic) bond motifs is 1. The monoisotopic (exact) mass is 298 g/mol. The van der Waals surface area contributed by atoms with E-state index in [0.29, 0.717) is 24.7 Å². The first-order chi connectivity index (χ1) is 10.2. The molecule has 0 aromatic heterocycles. The van der Waals surface area contributed by atoms with Gasteiger partial charge in [-0.2, -0.15) is 0 Å². The molecule has 3 saturated carbocycles. The lowest BCUT2D eigenvalue weighted by Crippen LogP contribution is -2.31. The maximum Gasteiger partial charge on any atom is 0.131 e. The molecule has 3 aliphatic rings. The zero-order chi connectivity index (χ0) is 14.8. The molecule has 0 bridgehead atoms. The van der Waals surface area contributed by atoms with Gasteiger partial charge in [-0.3, -0.25) is 0 Å². The van der Waals surface area contributed by atoms with Crippen molar-refractivity contribution < 1.29 is 8.78 Å². The van der Waals surface area contributed by atoms with Gasteiger partial charge in [0.1, 0.15) is 12.3 Å². The van der Waals surface area contributed by atoms with Crippen LogP contribution >= 0.6 is 0 Å². The number of hydrogen-bond donors (Lipinski definition) is 0. The second-order valence-corrected chi connectivity index (χ2v) is 8.18. The minimum absolute atomic E-state index is 0.495. The average Bonchev–Trinajstić information content (AvgIpc) is 2.89. The standard InChI is InChI=1S/C19H32F2/c1-2-3-4-13-5-7-14(8-6-13)15-9-16-11-18(20)19(21)12-17(16)10-15/h13-19H,2-12H2,1H3. The molecule has 0 N–H and O–H groups in total. The molecule has 3 aliphatic carbocycles. The predicted molar refractivity (Wildman–Crippen MR) is 83.7 cm³/mol. The smallest absolute Gasteiger partial charge is 0.131 e. The number of rotatable bonds is 4. The van der Waals surface area contributed by atoms with Crippen LogP contribution in [0.25, 0.3) is 0 Å². The Morgan fingerprint density at radius 3 is 1.76 bits per heavy atom. The van der Waals surface area contributed by atoms with Crippen molar-refractivity contribution in [2.45, 2.75) is 89.9 Å². The first-order valence-electron chi connectivity index (χ1n) is 9.45. The minimum atomic E-state index is -1.17. The number of halogens is 2. The van der Waals surface area contributed by atoms with E-state index in [0.717, 1.165) is 17.8 Å². The molecule has 21 heavy (non-hydrogen) atoms. The Hall–Kier alpha value is -0.140. The fourth-order valence-corrected chi connectivity index (χ4v) is 5.54. The van der Waals surface area contributed by atoms with Crippen molar-refractivity contribution >= 4 is 0 Å². The zero-order valence-corrected chi connectivity index (χ0v) is 13.6. The van der Waals surface area contributed by atoms with E-state index in [9.17, 15) is 8.78 Å².